The van der Waals surface area contributed by atoms with Gasteiger partial charge in [0.1, 0.15) is 60.4 Å². The van der Waals surface area contributed by atoms with Gasteiger partial charge < -0.3 is 84.2 Å². The van der Waals surface area contributed by atoms with Crippen LogP contribution in [0.15, 0.2) is 53.2 Å². The molecule has 0 radical (unpaired) electrons. The van der Waals surface area contributed by atoms with Crippen LogP contribution in [0.5, 0.6) is 17.2 Å². The zero-order chi connectivity index (χ0) is 33.4. The standard InChI is InChI=1S/C29H36O17/c1-40-15-3-10(4-16(41-2)20(15)33)27-17(44-29-26(39)24(37)22(35)19(9-31)46-29)7-12-13(42-27)5-11(32)6-14(12)43-28-25(38)23(36)21(34)18(8-30)45-28/h3-7,11,18-19,21-26,28-39H,8-9H2,1-2H3. The molecule has 46 heavy (non-hydrogen) atoms. The predicted octanol–water partition coefficient (Wildman–Crippen LogP) is -3.19. The molecule has 0 bridgehead atoms. The molecule has 1 aliphatic carbocycles. The van der Waals surface area contributed by atoms with Gasteiger partial charge >= 0.3 is 0 Å². The summed E-state index contributed by atoms with van der Waals surface area (Å²) >= 11 is 0. The number of aliphatic hydroxyl groups excluding tert-OH is 9. The van der Waals surface area contributed by atoms with Gasteiger partial charge in [-0.25, -0.2) is 0 Å². The molecular weight excluding hydrogens is 620 g/mol. The third kappa shape index (κ3) is 6.27. The number of hydrogen-bond donors (Lipinski definition) is 10. The number of fused-ring (bicyclic) bond motifs is 1. The zero-order valence-electron chi connectivity index (χ0n) is 24.5. The van der Waals surface area contributed by atoms with E-state index in [-0.39, 0.29) is 51.4 Å². The fourth-order valence-electron chi connectivity index (χ4n) is 5.24. The molecule has 0 aromatic heterocycles. The van der Waals surface area contributed by atoms with E-state index >= 15 is 0 Å². The lowest BCUT2D eigenvalue weighted by molar-refractivity contribution is -0.291. The van der Waals surface area contributed by atoms with E-state index in [2.05, 4.69) is 0 Å². The summed E-state index contributed by atoms with van der Waals surface area (Å²) in [5, 5.41) is 102. The first kappa shape index (κ1) is 33.9. The smallest absolute Gasteiger partial charge is 0.229 e. The fraction of sp³-hybridized carbons (Fsp3) is 0.517. The van der Waals surface area contributed by atoms with E-state index in [0.717, 1.165) is 0 Å². The van der Waals surface area contributed by atoms with Crippen molar-refractivity contribution in [1.29, 1.82) is 0 Å². The lowest BCUT2D eigenvalue weighted by Gasteiger charge is -2.41. The summed E-state index contributed by atoms with van der Waals surface area (Å²) < 4.78 is 39.4. The second kappa shape index (κ2) is 13.7. The summed E-state index contributed by atoms with van der Waals surface area (Å²) in [4.78, 5) is 0. The molecule has 0 spiro atoms. The predicted molar refractivity (Wildman–Crippen MR) is 149 cm³/mol. The highest BCUT2D eigenvalue weighted by atomic mass is 16.7. The molecular formula is C29H36O17. The number of aliphatic hydroxyl groups is 9. The van der Waals surface area contributed by atoms with Gasteiger partial charge in [0, 0.05) is 5.56 Å². The van der Waals surface area contributed by atoms with Crippen molar-refractivity contribution in [3.63, 3.8) is 0 Å². The van der Waals surface area contributed by atoms with Crippen LogP contribution in [0.1, 0.15) is 5.56 Å². The van der Waals surface area contributed by atoms with Crippen molar-refractivity contribution in [1.82, 2.24) is 0 Å². The number of aromatic hydroxyl groups is 1. The lowest BCUT2D eigenvalue weighted by Crippen LogP contribution is -2.59. The molecule has 0 amide bonds. The Kier molecular flexibility index (Phi) is 10.1. The number of allylic oxidation sites excluding steroid dienone is 1. The zero-order valence-corrected chi connectivity index (χ0v) is 24.5. The monoisotopic (exact) mass is 656 g/mol. The summed E-state index contributed by atoms with van der Waals surface area (Å²) in [6.45, 7) is -1.45. The van der Waals surface area contributed by atoms with Crippen LogP contribution in [0.4, 0.5) is 0 Å². The Bertz CT molecular complexity index is 1370. The SMILES string of the molecule is COc1cc(C2=C(OC3OC(CO)C(O)C(O)C3O)C=C3C(=CC(O)C=C3OC3OC(CO)C(O)C(O)C3O)O2)cc(OC)c1O. The summed E-state index contributed by atoms with van der Waals surface area (Å²) in [5.41, 5.74) is 0.256. The normalized spacial score (nSPS) is 36.1. The Balaban J connectivity index is 1.59. The molecule has 2 fully saturated rings. The number of hydrogen-bond acceptors (Lipinski definition) is 17. The number of rotatable bonds is 9. The van der Waals surface area contributed by atoms with Crippen LogP contribution in [0.2, 0.25) is 0 Å². The second-order valence-corrected chi connectivity index (χ2v) is 10.8. The first-order valence-corrected chi connectivity index (χ1v) is 14.1. The maximum absolute atomic E-state index is 10.7. The van der Waals surface area contributed by atoms with Gasteiger partial charge in [-0.3, -0.25) is 0 Å². The third-order valence-electron chi connectivity index (χ3n) is 7.81. The van der Waals surface area contributed by atoms with Gasteiger partial charge in [-0.1, -0.05) is 0 Å². The van der Waals surface area contributed by atoms with Crippen LogP contribution in [0.3, 0.4) is 0 Å². The van der Waals surface area contributed by atoms with E-state index < -0.39 is 80.7 Å². The topological polar surface area (TPSA) is 267 Å². The molecule has 2 saturated heterocycles. The van der Waals surface area contributed by atoms with Gasteiger partial charge in [0.15, 0.2) is 23.0 Å². The highest BCUT2D eigenvalue weighted by Crippen LogP contribution is 2.45. The van der Waals surface area contributed by atoms with Crippen molar-refractivity contribution in [3.05, 3.63) is 58.8 Å². The van der Waals surface area contributed by atoms with Crippen LogP contribution >= 0.6 is 0 Å². The first-order chi connectivity index (χ1) is 21.9. The average molecular weight is 657 g/mol. The Morgan fingerprint density at radius 3 is 1.72 bits per heavy atom. The Labute approximate surface area is 261 Å². The van der Waals surface area contributed by atoms with Crippen molar-refractivity contribution in [2.75, 3.05) is 27.4 Å². The van der Waals surface area contributed by atoms with E-state index in [4.69, 9.17) is 33.2 Å². The molecule has 0 saturated carbocycles. The van der Waals surface area contributed by atoms with Gasteiger partial charge in [-0.05, 0) is 30.4 Å². The molecule has 3 aliphatic heterocycles. The van der Waals surface area contributed by atoms with Crippen molar-refractivity contribution < 1.29 is 84.2 Å². The van der Waals surface area contributed by atoms with Crippen molar-refractivity contribution in [2.45, 2.75) is 67.5 Å². The Hall–Kier alpha value is -3.46. The second-order valence-electron chi connectivity index (χ2n) is 10.8. The number of methoxy groups -OCH3 is 2. The minimum absolute atomic E-state index is 0.0169. The number of benzene rings is 1. The molecule has 1 aromatic carbocycles. The molecule has 11 atom stereocenters. The van der Waals surface area contributed by atoms with Gasteiger partial charge in [0.05, 0.1) is 39.1 Å². The summed E-state index contributed by atoms with van der Waals surface area (Å²) in [6, 6.07) is 2.73. The minimum atomic E-state index is -1.82. The van der Waals surface area contributed by atoms with Crippen molar-refractivity contribution in [3.8, 4) is 17.2 Å². The summed E-state index contributed by atoms with van der Waals surface area (Å²) in [7, 11) is 2.59. The first-order valence-electron chi connectivity index (χ1n) is 14.1. The third-order valence-corrected chi connectivity index (χ3v) is 7.81. The Morgan fingerprint density at radius 2 is 1.22 bits per heavy atom. The van der Waals surface area contributed by atoms with E-state index in [1.807, 2.05) is 0 Å². The van der Waals surface area contributed by atoms with Crippen LogP contribution in [-0.4, -0.2) is 146 Å². The van der Waals surface area contributed by atoms with Crippen LogP contribution in [0.25, 0.3) is 5.76 Å². The molecule has 254 valence electrons. The van der Waals surface area contributed by atoms with E-state index in [0.29, 0.717) is 0 Å². The minimum Gasteiger partial charge on any atom is -0.502 e. The maximum atomic E-state index is 10.7. The number of phenolic OH excluding ortho intramolecular Hbond substituents is 1. The summed E-state index contributed by atoms with van der Waals surface area (Å²) in [5.74, 6) is -0.881. The molecule has 11 unspecified atom stereocenters. The van der Waals surface area contributed by atoms with E-state index in [1.165, 1.54) is 44.6 Å². The quantitative estimate of drug-likeness (QED) is 0.125. The average Bonchev–Trinajstić information content (AvgIpc) is 3.05. The van der Waals surface area contributed by atoms with Crippen LogP contribution in [0, 0.1) is 0 Å². The van der Waals surface area contributed by atoms with Crippen LogP contribution in [-0.2, 0) is 23.7 Å². The van der Waals surface area contributed by atoms with E-state index in [9.17, 15) is 51.1 Å². The van der Waals surface area contributed by atoms with Crippen molar-refractivity contribution in [2.24, 2.45) is 0 Å². The molecule has 10 N–H and O–H groups in total. The summed E-state index contributed by atoms with van der Waals surface area (Å²) in [6.07, 6.45) is -13.9. The lowest BCUT2D eigenvalue weighted by atomic mass is 9.97. The Morgan fingerprint density at radius 1 is 0.696 bits per heavy atom. The molecule has 1 aromatic rings. The molecule has 17 nitrogen and oxygen atoms in total. The molecule has 17 heteroatoms. The molecule has 4 aliphatic rings. The highest BCUT2D eigenvalue weighted by molar-refractivity contribution is 5.73. The number of phenols is 1. The molecule has 5 rings (SSSR count). The van der Waals surface area contributed by atoms with E-state index in [1.54, 1.807) is 0 Å². The van der Waals surface area contributed by atoms with Gasteiger partial charge in [-0.2, -0.15) is 0 Å². The highest BCUT2D eigenvalue weighted by Gasteiger charge is 2.47. The fourth-order valence-corrected chi connectivity index (χ4v) is 5.24. The maximum Gasteiger partial charge on any atom is 0.229 e. The van der Waals surface area contributed by atoms with Crippen molar-refractivity contribution >= 4 is 5.76 Å². The largest absolute Gasteiger partial charge is 0.502 e. The van der Waals surface area contributed by atoms with Gasteiger partial charge in [-0.15, -0.1) is 0 Å². The van der Waals surface area contributed by atoms with Crippen LogP contribution < -0.4 is 9.47 Å². The number of ether oxygens (including phenoxy) is 7. The molecule has 3 heterocycles. The van der Waals surface area contributed by atoms with Gasteiger partial charge in [0.25, 0.3) is 0 Å². The van der Waals surface area contributed by atoms with Gasteiger partial charge in [0.2, 0.25) is 18.3 Å².